The Morgan fingerprint density at radius 1 is 0.846 bits per heavy atom. The molecule has 3 heteroatoms. The average Bonchev–Trinajstić information content (AvgIpc) is 2.62. The van der Waals surface area contributed by atoms with Gasteiger partial charge in [0.1, 0.15) is 5.75 Å². The highest BCUT2D eigenvalue weighted by Crippen LogP contribution is 2.02. The van der Waals surface area contributed by atoms with Crippen LogP contribution in [0.2, 0.25) is 0 Å². The number of benzene rings is 1. The predicted molar refractivity (Wildman–Crippen MR) is 52.5 cm³/mol. The third-order valence-corrected chi connectivity index (χ3v) is 1.25. The Hall–Kier alpha value is -1.74. The molecule has 70 valence electrons. The molecule has 1 aromatic heterocycles. The first-order chi connectivity index (χ1) is 5.89. The molecule has 0 unspecified atom stereocenters. The van der Waals surface area contributed by atoms with Crippen LogP contribution in [0.5, 0.6) is 5.75 Å². The van der Waals surface area contributed by atoms with E-state index in [1.54, 1.807) is 24.3 Å². The molecule has 3 nitrogen and oxygen atoms in total. The number of aromatic nitrogens is 1. The van der Waals surface area contributed by atoms with Crippen molar-refractivity contribution in [2.24, 2.45) is 0 Å². The van der Waals surface area contributed by atoms with Gasteiger partial charge in [-0.2, -0.15) is 0 Å². The smallest absolute Gasteiger partial charge is 0.115 e. The van der Waals surface area contributed by atoms with E-state index in [1.165, 1.54) is 0 Å². The van der Waals surface area contributed by atoms with Gasteiger partial charge in [-0.15, -0.1) is 0 Å². The maximum atomic E-state index is 8.63. The Kier molecular flexibility index (Phi) is 6.01. The molecule has 0 amide bonds. The summed E-state index contributed by atoms with van der Waals surface area (Å²) in [5, 5.41) is 8.63. The first kappa shape index (κ1) is 11.3. The minimum atomic E-state index is 0. The molecule has 0 atom stereocenters. The fourth-order valence-corrected chi connectivity index (χ4v) is 0.706. The number of aromatic amines is 1. The van der Waals surface area contributed by atoms with Gasteiger partial charge in [0.05, 0.1) is 0 Å². The summed E-state index contributed by atoms with van der Waals surface area (Å²) in [5.74, 6) is 0.322. The fraction of sp³-hybridized carbons (Fsp3) is 0. The zero-order chi connectivity index (χ0) is 8.65. The lowest BCUT2D eigenvalue weighted by molar-refractivity contribution is 0.475. The second kappa shape index (κ2) is 6.94. The summed E-state index contributed by atoms with van der Waals surface area (Å²) in [6.45, 7) is 0. The molecule has 1 aromatic carbocycles. The van der Waals surface area contributed by atoms with E-state index in [2.05, 4.69) is 4.98 Å². The SMILES string of the molecule is O.Oc1ccccc1.c1cc[nH]c1. The van der Waals surface area contributed by atoms with Gasteiger partial charge < -0.3 is 15.6 Å². The highest BCUT2D eigenvalue weighted by Gasteiger charge is 1.74. The van der Waals surface area contributed by atoms with Crippen molar-refractivity contribution in [3.8, 4) is 5.75 Å². The summed E-state index contributed by atoms with van der Waals surface area (Å²) in [5.41, 5.74) is 0. The predicted octanol–water partition coefficient (Wildman–Crippen LogP) is 1.58. The molecule has 0 aliphatic carbocycles. The number of para-hydroxylation sites is 1. The Bertz CT molecular complexity index is 262. The lowest BCUT2D eigenvalue weighted by atomic mass is 10.3. The second-order valence-corrected chi connectivity index (χ2v) is 2.22. The zero-order valence-electron chi connectivity index (χ0n) is 7.14. The summed E-state index contributed by atoms with van der Waals surface area (Å²) >= 11 is 0. The lowest BCUT2D eigenvalue weighted by Crippen LogP contribution is -1.56. The van der Waals surface area contributed by atoms with Crippen LogP contribution in [0.3, 0.4) is 0 Å². The molecule has 0 fully saturated rings. The van der Waals surface area contributed by atoms with Crippen molar-refractivity contribution in [2.45, 2.75) is 0 Å². The van der Waals surface area contributed by atoms with Gasteiger partial charge in [0, 0.05) is 12.4 Å². The standard InChI is InChI=1S/C6H6O.C4H5N.H2O/c7-6-4-2-1-3-5-6;1-2-4-5-3-1;/h1-5,7H;1-5H;1H2. The third-order valence-electron chi connectivity index (χ3n) is 1.25. The molecule has 0 aliphatic rings. The molecule has 13 heavy (non-hydrogen) atoms. The maximum absolute atomic E-state index is 8.63. The zero-order valence-corrected chi connectivity index (χ0v) is 7.14. The molecule has 0 saturated heterocycles. The molecule has 0 saturated carbocycles. The van der Waals surface area contributed by atoms with E-state index in [9.17, 15) is 0 Å². The minimum absolute atomic E-state index is 0. The Morgan fingerprint density at radius 2 is 1.38 bits per heavy atom. The first-order valence-electron chi connectivity index (χ1n) is 3.71. The van der Waals surface area contributed by atoms with Gasteiger partial charge in [-0.25, -0.2) is 0 Å². The van der Waals surface area contributed by atoms with Crippen LogP contribution >= 0.6 is 0 Å². The molecular formula is C10H13NO2. The molecule has 0 spiro atoms. The molecule has 2 aromatic rings. The molecule has 0 aliphatic heterocycles. The van der Waals surface area contributed by atoms with Crippen molar-refractivity contribution in [1.29, 1.82) is 0 Å². The van der Waals surface area contributed by atoms with Gasteiger partial charge in [-0.1, -0.05) is 18.2 Å². The Morgan fingerprint density at radius 3 is 1.62 bits per heavy atom. The van der Waals surface area contributed by atoms with E-state index in [0.717, 1.165) is 0 Å². The summed E-state index contributed by atoms with van der Waals surface area (Å²) in [6, 6.07) is 12.6. The van der Waals surface area contributed by atoms with Crippen LogP contribution < -0.4 is 0 Å². The van der Waals surface area contributed by atoms with Crippen molar-refractivity contribution in [3.63, 3.8) is 0 Å². The van der Waals surface area contributed by atoms with E-state index in [0.29, 0.717) is 5.75 Å². The van der Waals surface area contributed by atoms with Crippen molar-refractivity contribution < 1.29 is 10.6 Å². The van der Waals surface area contributed by atoms with Crippen LogP contribution in [0.1, 0.15) is 0 Å². The summed E-state index contributed by atoms with van der Waals surface area (Å²) in [7, 11) is 0. The maximum Gasteiger partial charge on any atom is 0.115 e. The van der Waals surface area contributed by atoms with Crippen molar-refractivity contribution in [3.05, 3.63) is 54.9 Å². The van der Waals surface area contributed by atoms with Crippen LogP contribution in [0.4, 0.5) is 0 Å². The van der Waals surface area contributed by atoms with Crippen LogP contribution in [0, 0.1) is 0 Å². The van der Waals surface area contributed by atoms with E-state index in [4.69, 9.17) is 5.11 Å². The van der Waals surface area contributed by atoms with Crippen molar-refractivity contribution >= 4 is 0 Å². The topological polar surface area (TPSA) is 67.5 Å². The van der Waals surface area contributed by atoms with Gasteiger partial charge >= 0.3 is 0 Å². The van der Waals surface area contributed by atoms with Gasteiger partial charge in [-0.3, -0.25) is 0 Å². The summed E-state index contributed by atoms with van der Waals surface area (Å²) in [4.78, 5) is 2.86. The largest absolute Gasteiger partial charge is 0.508 e. The first-order valence-corrected chi connectivity index (χ1v) is 3.71. The number of phenolic OH excluding ortho intramolecular Hbond substituents is 1. The summed E-state index contributed by atoms with van der Waals surface area (Å²) < 4.78 is 0. The molecule has 2 rings (SSSR count). The van der Waals surface area contributed by atoms with E-state index in [1.807, 2.05) is 30.6 Å². The molecule has 0 bridgehead atoms. The minimum Gasteiger partial charge on any atom is -0.508 e. The lowest BCUT2D eigenvalue weighted by Gasteiger charge is -1.82. The van der Waals surface area contributed by atoms with Gasteiger partial charge in [0.15, 0.2) is 0 Å². The highest BCUT2D eigenvalue weighted by molar-refractivity contribution is 5.18. The fourth-order valence-electron chi connectivity index (χ4n) is 0.706. The number of rotatable bonds is 0. The monoisotopic (exact) mass is 179 g/mol. The normalized spacial score (nSPS) is 7.69. The highest BCUT2D eigenvalue weighted by atomic mass is 16.3. The van der Waals surface area contributed by atoms with Crippen molar-refractivity contribution in [1.82, 2.24) is 4.98 Å². The molecule has 4 N–H and O–H groups in total. The van der Waals surface area contributed by atoms with Crippen LogP contribution in [0.25, 0.3) is 0 Å². The number of hydrogen-bond donors (Lipinski definition) is 2. The second-order valence-electron chi connectivity index (χ2n) is 2.22. The summed E-state index contributed by atoms with van der Waals surface area (Å²) in [6.07, 6.45) is 3.75. The number of nitrogens with one attached hydrogen (secondary N) is 1. The third kappa shape index (κ3) is 5.52. The average molecular weight is 179 g/mol. The Labute approximate surface area is 77.0 Å². The number of H-pyrrole nitrogens is 1. The van der Waals surface area contributed by atoms with E-state index < -0.39 is 0 Å². The quantitative estimate of drug-likeness (QED) is 0.633. The van der Waals surface area contributed by atoms with Crippen LogP contribution in [-0.2, 0) is 0 Å². The number of aromatic hydroxyl groups is 1. The van der Waals surface area contributed by atoms with Gasteiger partial charge in [0.25, 0.3) is 0 Å². The van der Waals surface area contributed by atoms with Crippen molar-refractivity contribution in [2.75, 3.05) is 0 Å². The van der Waals surface area contributed by atoms with Crippen LogP contribution in [-0.4, -0.2) is 15.6 Å². The molecule has 1 heterocycles. The molecular weight excluding hydrogens is 166 g/mol. The number of hydrogen-bond acceptors (Lipinski definition) is 1. The van der Waals surface area contributed by atoms with Gasteiger partial charge in [0.2, 0.25) is 0 Å². The van der Waals surface area contributed by atoms with E-state index >= 15 is 0 Å². The van der Waals surface area contributed by atoms with Gasteiger partial charge in [-0.05, 0) is 24.3 Å². The van der Waals surface area contributed by atoms with E-state index in [-0.39, 0.29) is 5.48 Å². The molecule has 0 radical (unpaired) electrons. The number of phenols is 1. The Balaban J connectivity index is 0.000000215. The van der Waals surface area contributed by atoms with Crippen LogP contribution in [0.15, 0.2) is 54.9 Å².